The van der Waals surface area contributed by atoms with Crippen LogP contribution in [-0.2, 0) is 23.5 Å². The number of carbonyl (C=O) groups excluding carboxylic acids is 1. The van der Waals surface area contributed by atoms with Gasteiger partial charge in [-0.2, -0.15) is 29.5 Å². The Hall–Kier alpha value is -1.16. The van der Waals surface area contributed by atoms with Gasteiger partial charge >= 0.3 is 6.03 Å². The largest absolute Gasteiger partial charge is 0.748 e. The minimum Gasteiger partial charge on any atom is -0.748 e. The molecule has 2 fully saturated rings. The second-order valence-electron chi connectivity index (χ2n) is 6.83. The van der Waals surface area contributed by atoms with Crippen molar-refractivity contribution >= 4 is 17.8 Å². The van der Waals surface area contributed by atoms with Gasteiger partial charge in [0.05, 0.1) is 12.1 Å². The molecular formula is C21H28FeN2OS-6. The topological polar surface area (TPSA) is 41.1 Å². The number of amides is 2. The monoisotopic (exact) mass is 412 g/mol. The predicted molar refractivity (Wildman–Crippen MR) is 106 cm³/mol. The number of hydrogen-bond acceptors (Lipinski definition) is 2. The molecule has 2 aliphatic heterocycles. The van der Waals surface area contributed by atoms with Crippen LogP contribution < -0.4 is 10.6 Å². The molecule has 26 heavy (non-hydrogen) atoms. The minimum absolute atomic E-state index is 0. The van der Waals surface area contributed by atoms with Gasteiger partial charge in [0.25, 0.3) is 0 Å². The molecule has 0 unspecified atom stereocenters. The SMILES string of the molecule is O=C1N[C@H]2[C@H](CS[C@H]2CCCCCC[c-]2cccc2)N1.[Fe].[cH-]1[cH-][cH-][cH-][cH-]1. The maximum absolute atomic E-state index is 11.3. The van der Waals surface area contributed by atoms with E-state index < -0.39 is 0 Å². The van der Waals surface area contributed by atoms with Crippen molar-refractivity contribution in [3.8, 4) is 0 Å². The van der Waals surface area contributed by atoms with E-state index in [1.54, 1.807) is 0 Å². The number of aryl methyl sites for hydroxylation is 1. The average Bonchev–Trinajstić information content (AvgIpc) is 3.37. The van der Waals surface area contributed by atoms with Crippen LogP contribution in [0.15, 0.2) is 54.6 Å². The molecule has 2 aromatic carbocycles. The summed E-state index contributed by atoms with van der Waals surface area (Å²) in [5.74, 6) is 1.07. The zero-order chi connectivity index (χ0) is 17.3. The molecule has 0 bridgehead atoms. The van der Waals surface area contributed by atoms with Gasteiger partial charge in [0.15, 0.2) is 0 Å². The maximum Gasteiger partial charge on any atom is 0.315 e. The van der Waals surface area contributed by atoms with E-state index in [9.17, 15) is 4.79 Å². The molecule has 2 heterocycles. The van der Waals surface area contributed by atoms with Crippen molar-refractivity contribution in [3.63, 3.8) is 0 Å². The number of fused-ring (bicyclic) bond motifs is 1. The fraction of sp³-hybridized carbons (Fsp3) is 0.476. The molecule has 2 aliphatic rings. The number of rotatable bonds is 7. The Morgan fingerprint density at radius 1 is 1.00 bits per heavy atom. The smallest absolute Gasteiger partial charge is 0.315 e. The number of hydrogen-bond donors (Lipinski definition) is 2. The van der Waals surface area contributed by atoms with E-state index in [-0.39, 0.29) is 23.1 Å². The van der Waals surface area contributed by atoms with Crippen molar-refractivity contribution in [1.29, 1.82) is 0 Å². The van der Waals surface area contributed by atoms with Crippen LogP contribution in [-0.4, -0.2) is 29.1 Å². The third kappa shape index (κ3) is 6.53. The Morgan fingerprint density at radius 3 is 2.35 bits per heavy atom. The zero-order valence-corrected chi connectivity index (χ0v) is 17.0. The summed E-state index contributed by atoms with van der Waals surface area (Å²) in [5, 5.41) is 6.69. The van der Waals surface area contributed by atoms with Gasteiger partial charge in [0.1, 0.15) is 0 Å². The van der Waals surface area contributed by atoms with Gasteiger partial charge in [-0.25, -0.2) is 16.9 Å². The van der Waals surface area contributed by atoms with E-state index in [4.69, 9.17) is 0 Å². The third-order valence-corrected chi connectivity index (χ3v) is 6.44. The molecule has 2 amide bonds. The Kier molecular flexibility index (Phi) is 9.38. The number of urea groups is 1. The molecule has 3 atom stereocenters. The molecule has 4 rings (SSSR count). The van der Waals surface area contributed by atoms with Gasteiger partial charge in [0, 0.05) is 28.1 Å². The summed E-state index contributed by atoms with van der Waals surface area (Å²) in [6.45, 7) is 0. The molecule has 3 nitrogen and oxygen atoms in total. The Morgan fingerprint density at radius 2 is 1.65 bits per heavy atom. The molecule has 0 saturated carbocycles. The van der Waals surface area contributed by atoms with Gasteiger partial charge < -0.3 is 41.0 Å². The number of carbonyl (C=O) groups is 1. The zero-order valence-electron chi connectivity index (χ0n) is 15.0. The number of nitrogens with one attached hydrogen (secondary N) is 2. The molecule has 0 spiro atoms. The molecular weight excluding hydrogens is 384 g/mol. The first-order valence-corrected chi connectivity index (χ1v) is 10.4. The Balaban J connectivity index is 0.000000351. The van der Waals surface area contributed by atoms with Crippen LogP contribution in [0.4, 0.5) is 4.79 Å². The van der Waals surface area contributed by atoms with Gasteiger partial charge in [-0.1, -0.05) is 32.1 Å². The van der Waals surface area contributed by atoms with Crippen LogP contribution in [0.2, 0.25) is 0 Å². The molecule has 0 radical (unpaired) electrons. The van der Waals surface area contributed by atoms with E-state index in [2.05, 4.69) is 34.9 Å². The van der Waals surface area contributed by atoms with Crippen molar-refractivity contribution in [2.75, 3.05) is 5.75 Å². The summed E-state index contributed by atoms with van der Waals surface area (Å²) >= 11 is 2.02. The summed E-state index contributed by atoms with van der Waals surface area (Å²) in [7, 11) is 0. The van der Waals surface area contributed by atoms with E-state index in [1.807, 2.05) is 42.1 Å². The van der Waals surface area contributed by atoms with Crippen molar-refractivity contribution < 1.29 is 21.9 Å². The van der Waals surface area contributed by atoms with Crippen LogP contribution in [0.25, 0.3) is 0 Å². The fourth-order valence-electron chi connectivity index (χ4n) is 3.57. The van der Waals surface area contributed by atoms with Crippen LogP contribution >= 0.6 is 11.8 Å². The van der Waals surface area contributed by atoms with Crippen LogP contribution in [0.1, 0.15) is 37.7 Å². The van der Waals surface area contributed by atoms with E-state index in [0.29, 0.717) is 17.3 Å². The molecule has 5 heteroatoms. The first-order chi connectivity index (χ1) is 12.3. The molecule has 2 N–H and O–H groups in total. The van der Waals surface area contributed by atoms with Crippen LogP contribution in [0.3, 0.4) is 0 Å². The van der Waals surface area contributed by atoms with Gasteiger partial charge in [0.2, 0.25) is 0 Å². The summed E-state index contributed by atoms with van der Waals surface area (Å²) in [6.07, 6.45) is 7.68. The maximum atomic E-state index is 11.3. The van der Waals surface area contributed by atoms with Crippen molar-refractivity contribution in [3.05, 3.63) is 60.2 Å². The average molecular weight is 412 g/mol. The Labute approximate surface area is 171 Å². The summed E-state index contributed by atoms with van der Waals surface area (Å²) in [4.78, 5) is 11.3. The third-order valence-electron chi connectivity index (χ3n) is 4.93. The fourth-order valence-corrected chi connectivity index (χ4v) is 5.12. The van der Waals surface area contributed by atoms with E-state index in [1.165, 1.54) is 44.1 Å². The summed E-state index contributed by atoms with van der Waals surface area (Å²) in [6, 6.07) is 19.4. The standard InChI is InChI=1S/C16H23N2OS.C5H5.Fe/c19-16-17-13-11-20-14(15(13)18-16)10-4-2-1-3-7-12-8-5-6-9-12;1-2-4-5-3-1;/h5-6,8-9,13-15H,1-4,7,10-11H2,(H2,17,18,19);1-5H;/q-1;-5;/t13-,14-,15-;;/m0../s1. The summed E-state index contributed by atoms with van der Waals surface area (Å²) in [5.41, 5.74) is 1.47. The van der Waals surface area contributed by atoms with Gasteiger partial charge in [-0.05, 0) is 6.42 Å². The first kappa shape index (κ1) is 21.1. The van der Waals surface area contributed by atoms with Gasteiger partial charge in [-0.3, -0.25) is 0 Å². The van der Waals surface area contributed by atoms with E-state index in [0.717, 1.165) is 5.75 Å². The molecule has 0 aromatic heterocycles. The number of unbranched alkanes of at least 4 members (excludes halogenated alkanes) is 3. The van der Waals surface area contributed by atoms with Crippen molar-refractivity contribution in [1.82, 2.24) is 10.6 Å². The molecule has 2 saturated heterocycles. The quantitative estimate of drug-likeness (QED) is 0.305. The van der Waals surface area contributed by atoms with Crippen molar-refractivity contribution in [2.24, 2.45) is 0 Å². The first-order valence-electron chi connectivity index (χ1n) is 9.39. The molecule has 2 aromatic rings. The van der Waals surface area contributed by atoms with Gasteiger partial charge in [-0.15, -0.1) is 0 Å². The minimum atomic E-state index is 0. The van der Waals surface area contributed by atoms with E-state index >= 15 is 0 Å². The predicted octanol–water partition coefficient (Wildman–Crippen LogP) is 4.47. The second-order valence-corrected chi connectivity index (χ2v) is 8.10. The Bertz CT molecular complexity index is 582. The van der Waals surface area contributed by atoms with Crippen LogP contribution in [0.5, 0.6) is 0 Å². The van der Waals surface area contributed by atoms with Crippen LogP contribution in [0, 0.1) is 0 Å². The molecule has 0 aliphatic carbocycles. The molecule has 148 valence electrons. The summed E-state index contributed by atoms with van der Waals surface area (Å²) < 4.78 is 0. The number of thioether (sulfide) groups is 1. The van der Waals surface area contributed by atoms with Crippen molar-refractivity contribution in [2.45, 2.75) is 55.9 Å². The second kappa shape index (κ2) is 11.5. The normalized spacial score (nSPS) is 23.2.